The highest BCUT2D eigenvalue weighted by molar-refractivity contribution is 5.96. The van der Waals surface area contributed by atoms with Gasteiger partial charge in [-0.05, 0) is 25.0 Å². The molecule has 0 atom stereocenters. The van der Waals surface area contributed by atoms with Crippen LogP contribution in [0, 0.1) is 6.92 Å². The van der Waals surface area contributed by atoms with Crippen LogP contribution in [0.5, 0.6) is 0 Å². The lowest BCUT2D eigenvalue weighted by Gasteiger charge is -2.05. The molecule has 1 aromatic heterocycles. The molecule has 1 heterocycles. The number of nitrogens with one attached hydrogen (secondary N) is 1. The lowest BCUT2D eigenvalue weighted by atomic mass is 10.0. The van der Waals surface area contributed by atoms with Crippen molar-refractivity contribution in [3.63, 3.8) is 0 Å². The molecule has 0 radical (unpaired) electrons. The summed E-state index contributed by atoms with van der Waals surface area (Å²) in [5.74, 6) is -0.306. The van der Waals surface area contributed by atoms with Crippen molar-refractivity contribution in [2.24, 2.45) is 0 Å². The lowest BCUT2D eigenvalue weighted by Crippen LogP contribution is -2.06. The Morgan fingerprint density at radius 3 is 2.65 bits per heavy atom. The highest BCUT2D eigenvalue weighted by Gasteiger charge is 2.17. The van der Waals surface area contributed by atoms with Crippen LogP contribution in [0.15, 0.2) is 36.5 Å². The van der Waals surface area contributed by atoms with Crippen LogP contribution in [0.25, 0.3) is 11.1 Å². The third-order valence-corrected chi connectivity index (χ3v) is 2.62. The van der Waals surface area contributed by atoms with Gasteiger partial charge in [0.15, 0.2) is 0 Å². The van der Waals surface area contributed by atoms with Gasteiger partial charge in [0.2, 0.25) is 0 Å². The monoisotopic (exact) mass is 229 g/mol. The fourth-order valence-corrected chi connectivity index (χ4v) is 1.86. The number of carbonyl (C=O) groups is 1. The van der Waals surface area contributed by atoms with Crippen LogP contribution >= 0.6 is 0 Å². The van der Waals surface area contributed by atoms with Gasteiger partial charge in [-0.1, -0.05) is 30.3 Å². The number of rotatable bonds is 3. The van der Waals surface area contributed by atoms with Gasteiger partial charge in [0.1, 0.15) is 5.69 Å². The number of aromatic amines is 1. The standard InChI is InChI=1S/C14H15NO2/c1-3-17-14(16)13-12(10(2)9-15-13)11-7-5-4-6-8-11/h4-9,15H,3H2,1-2H3. The van der Waals surface area contributed by atoms with E-state index in [2.05, 4.69) is 4.98 Å². The SMILES string of the molecule is CCOC(=O)c1[nH]cc(C)c1-c1ccccc1. The number of hydrogen-bond donors (Lipinski definition) is 1. The molecule has 1 N–H and O–H groups in total. The van der Waals surface area contributed by atoms with E-state index in [4.69, 9.17) is 4.74 Å². The van der Waals surface area contributed by atoms with E-state index in [1.165, 1.54) is 0 Å². The van der Waals surface area contributed by atoms with Crippen molar-refractivity contribution < 1.29 is 9.53 Å². The van der Waals surface area contributed by atoms with Crippen molar-refractivity contribution in [1.82, 2.24) is 4.98 Å². The Hall–Kier alpha value is -2.03. The molecule has 0 unspecified atom stereocenters. The van der Waals surface area contributed by atoms with Gasteiger partial charge in [-0.2, -0.15) is 0 Å². The summed E-state index contributed by atoms with van der Waals surface area (Å²) in [6.07, 6.45) is 1.83. The van der Waals surface area contributed by atoms with Crippen molar-refractivity contribution in [3.8, 4) is 11.1 Å². The first-order valence-electron chi connectivity index (χ1n) is 5.64. The van der Waals surface area contributed by atoms with Crippen LogP contribution < -0.4 is 0 Å². The van der Waals surface area contributed by atoms with Crippen molar-refractivity contribution in [2.75, 3.05) is 6.61 Å². The zero-order valence-corrected chi connectivity index (χ0v) is 9.99. The maximum Gasteiger partial charge on any atom is 0.355 e. The average molecular weight is 229 g/mol. The second-order valence-corrected chi connectivity index (χ2v) is 3.81. The molecule has 0 aliphatic carbocycles. The zero-order chi connectivity index (χ0) is 12.3. The van der Waals surface area contributed by atoms with E-state index in [1.807, 2.05) is 43.5 Å². The summed E-state index contributed by atoms with van der Waals surface area (Å²) in [4.78, 5) is 14.8. The summed E-state index contributed by atoms with van der Waals surface area (Å²) in [7, 11) is 0. The van der Waals surface area contributed by atoms with E-state index in [1.54, 1.807) is 6.92 Å². The normalized spacial score (nSPS) is 10.2. The molecule has 0 spiro atoms. The van der Waals surface area contributed by atoms with E-state index < -0.39 is 0 Å². The summed E-state index contributed by atoms with van der Waals surface area (Å²) < 4.78 is 5.03. The lowest BCUT2D eigenvalue weighted by molar-refractivity contribution is 0.0521. The fraction of sp³-hybridized carbons (Fsp3) is 0.214. The number of ether oxygens (including phenoxy) is 1. The highest BCUT2D eigenvalue weighted by atomic mass is 16.5. The van der Waals surface area contributed by atoms with E-state index >= 15 is 0 Å². The first-order chi connectivity index (χ1) is 8.24. The molecule has 17 heavy (non-hydrogen) atoms. The number of aromatic nitrogens is 1. The van der Waals surface area contributed by atoms with E-state index in [-0.39, 0.29) is 5.97 Å². The van der Waals surface area contributed by atoms with Crippen molar-refractivity contribution in [2.45, 2.75) is 13.8 Å². The number of carbonyl (C=O) groups excluding carboxylic acids is 1. The van der Waals surface area contributed by atoms with Crippen molar-refractivity contribution in [3.05, 3.63) is 47.8 Å². The minimum atomic E-state index is -0.306. The molecule has 3 nitrogen and oxygen atoms in total. The zero-order valence-electron chi connectivity index (χ0n) is 9.99. The van der Waals surface area contributed by atoms with Crippen LogP contribution in [0.3, 0.4) is 0 Å². The topological polar surface area (TPSA) is 42.1 Å². The molecule has 1 aromatic carbocycles. The molecule has 3 heteroatoms. The minimum Gasteiger partial charge on any atom is -0.461 e. The van der Waals surface area contributed by atoms with Gasteiger partial charge in [-0.15, -0.1) is 0 Å². The van der Waals surface area contributed by atoms with Crippen molar-refractivity contribution in [1.29, 1.82) is 0 Å². The molecule has 0 amide bonds. The van der Waals surface area contributed by atoms with Gasteiger partial charge >= 0.3 is 5.97 Å². The van der Waals surface area contributed by atoms with Gasteiger partial charge in [-0.3, -0.25) is 0 Å². The Kier molecular flexibility index (Phi) is 3.28. The molecule has 0 fully saturated rings. The molecular formula is C14H15NO2. The Bertz CT molecular complexity index is 514. The molecular weight excluding hydrogens is 214 g/mol. The quantitative estimate of drug-likeness (QED) is 0.821. The van der Waals surface area contributed by atoms with E-state index in [9.17, 15) is 4.79 Å². The molecule has 88 valence electrons. The number of hydrogen-bond acceptors (Lipinski definition) is 2. The summed E-state index contributed by atoms with van der Waals surface area (Å²) in [6.45, 7) is 4.16. The summed E-state index contributed by atoms with van der Waals surface area (Å²) in [5.41, 5.74) is 3.51. The molecule has 0 aliphatic rings. The summed E-state index contributed by atoms with van der Waals surface area (Å²) >= 11 is 0. The van der Waals surface area contributed by atoms with Crippen LogP contribution in [-0.2, 0) is 4.74 Å². The molecule has 0 saturated carbocycles. The molecule has 2 aromatic rings. The fourth-order valence-electron chi connectivity index (χ4n) is 1.86. The van der Waals surface area contributed by atoms with E-state index in [0.29, 0.717) is 12.3 Å². The molecule has 0 bridgehead atoms. The second-order valence-electron chi connectivity index (χ2n) is 3.81. The van der Waals surface area contributed by atoms with Crippen molar-refractivity contribution >= 4 is 5.97 Å². The summed E-state index contributed by atoms with van der Waals surface area (Å²) in [6, 6.07) is 9.83. The molecule has 0 aliphatic heterocycles. The minimum absolute atomic E-state index is 0.306. The largest absolute Gasteiger partial charge is 0.461 e. The maximum absolute atomic E-state index is 11.8. The van der Waals surface area contributed by atoms with Gasteiger partial charge < -0.3 is 9.72 Å². The van der Waals surface area contributed by atoms with Crippen LogP contribution in [-0.4, -0.2) is 17.6 Å². The third kappa shape index (κ3) is 2.23. The van der Waals surface area contributed by atoms with Gasteiger partial charge in [0, 0.05) is 11.8 Å². The number of esters is 1. The smallest absolute Gasteiger partial charge is 0.355 e. The van der Waals surface area contributed by atoms with Crippen LogP contribution in [0.1, 0.15) is 23.0 Å². The number of H-pyrrole nitrogens is 1. The molecule has 0 saturated heterocycles. The summed E-state index contributed by atoms with van der Waals surface area (Å²) in [5, 5.41) is 0. The third-order valence-electron chi connectivity index (χ3n) is 2.62. The Morgan fingerprint density at radius 2 is 2.00 bits per heavy atom. The van der Waals surface area contributed by atoms with Gasteiger partial charge in [-0.25, -0.2) is 4.79 Å². The Labute approximate surface area is 100 Å². The van der Waals surface area contributed by atoms with E-state index in [0.717, 1.165) is 16.7 Å². The average Bonchev–Trinajstić information content (AvgIpc) is 2.73. The Morgan fingerprint density at radius 1 is 1.29 bits per heavy atom. The highest BCUT2D eigenvalue weighted by Crippen LogP contribution is 2.27. The first kappa shape index (κ1) is 11.5. The van der Waals surface area contributed by atoms with Crippen LogP contribution in [0.4, 0.5) is 0 Å². The maximum atomic E-state index is 11.8. The van der Waals surface area contributed by atoms with Gasteiger partial charge in [0.05, 0.1) is 6.61 Å². The number of benzene rings is 1. The predicted molar refractivity (Wildman–Crippen MR) is 66.9 cm³/mol. The van der Waals surface area contributed by atoms with Crippen LogP contribution in [0.2, 0.25) is 0 Å². The Balaban J connectivity index is 2.47. The first-order valence-corrected chi connectivity index (χ1v) is 5.64. The predicted octanol–water partition coefficient (Wildman–Crippen LogP) is 3.17. The number of aryl methyl sites for hydroxylation is 1. The molecule has 2 rings (SSSR count). The second kappa shape index (κ2) is 4.87. The van der Waals surface area contributed by atoms with Gasteiger partial charge in [0.25, 0.3) is 0 Å².